The van der Waals surface area contributed by atoms with Crippen molar-refractivity contribution in [2.45, 2.75) is 44.6 Å². The molecular formula is C16H24N2O2. The Balaban J connectivity index is 1.82. The highest BCUT2D eigenvalue weighted by Gasteiger charge is 2.25. The fraction of sp³-hybridized carbons (Fsp3) is 0.625. The van der Waals surface area contributed by atoms with Crippen molar-refractivity contribution in [2.24, 2.45) is 11.8 Å². The van der Waals surface area contributed by atoms with Crippen molar-refractivity contribution in [3.05, 3.63) is 23.8 Å². The van der Waals surface area contributed by atoms with Gasteiger partial charge < -0.3 is 9.47 Å². The molecule has 2 aliphatic rings. The predicted molar refractivity (Wildman–Crippen MR) is 78.7 cm³/mol. The molecule has 4 nitrogen and oxygen atoms in total. The fourth-order valence-electron chi connectivity index (χ4n) is 3.35. The van der Waals surface area contributed by atoms with Gasteiger partial charge in [0.25, 0.3) is 0 Å². The van der Waals surface area contributed by atoms with Crippen LogP contribution in [0.4, 0.5) is 0 Å². The van der Waals surface area contributed by atoms with Crippen LogP contribution in [0, 0.1) is 5.92 Å². The largest absolute Gasteiger partial charge is 0.490 e. The van der Waals surface area contributed by atoms with Gasteiger partial charge in [0.1, 0.15) is 0 Å². The first-order valence-electron chi connectivity index (χ1n) is 7.74. The normalized spacial score (nSPS) is 21.2. The van der Waals surface area contributed by atoms with Crippen molar-refractivity contribution in [1.29, 1.82) is 0 Å². The monoisotopic (exact) mass is 276 g/mol. The molecule has 0 amide bonds. The Kier molecular flexibility index (Phi) is 4.43. The van der Waals surface area contributed by atoms with Crippen LogP contribution < -0.4 is 20.7 Å². The van der Waals surface area contributed by atoms with Crippen LogP contribution in [0.3, 0.4) is 0 Å². The number of benzene rings is 1. The van der Waals surface area contributed by atoms with E-state index < -0.39 is 0 Å². The van der Waals surface area contributed by atoms with Gasteiger partial charge in [0.2, 0.25) is 0 Å². The van der Waals surface area contributed by atoms with Crippen LogP contribution in [0.1, 0.15) is 50.1 Å². The molecule has 0 aromatic heterocycles. The first-order chi connectivity index (χ1) is 9.88. The van der Waals surface area contributed by atoms with Gasteiger partial charge in [-0.15, -0.1) is 0 Å². The van der Waals surface area contributed by atoms with Gasteiger partial charge in [-0.2, -0.15) is 0 Å². The van der Waals surface area contributed by atoms with Gasteiger partial charge in [0, 0.05) is 12.5 Å². The topological polar surface area (TPSA) is 56.5 Å². The first-order valence-corrected chi connectivity index (χ1v) is 7.74. The van der Waals surface area contributed by atoms with Crippen LogP contribution in [-0.4, -0.2) is 13.2 Å². The fourth-order valence-corrected chi connectivity index (χ4v) is 3.35. The Morgan fingerprint density at radius 1 is 1.00 bits per heavy atom. The lowest BCUT2D eigenvalue weighted by Crippen LogP contribution is -2.34. The maximum Gasteiger partial charge on any atom is 0.161 e. The zero-order valence-corrected chi connectivity index (χ0v) is 11.9. The number of hydrogen-bond acceptors (Lipinski definition) is 4. The Morgan fingerprint density at radius 3 is 2.50 bits per heavy atom. The highest BCUT2D eigenvalue weighted by molar-refractivity contribution is 5.44. The zero-order chi connectivity index (χ0) is 13.8. The number of ether oxygens (including phenoxy) is 2. The predicted octanol–water partition coefficient (Wildman–Crippen LogP) is 2.93. The zero-order valence-electron chi connectivity index (χ0n) is 11.9. The van der Waals surface area contributed by atoms with Gasteiger partial charge >= 0.3 is 0 Å². The van der Waals surface area contributed by atoms with Crippen LogP contribution in [-0.2, 0) is 0 Å². The molecule has 1 saturated carbocycles. The molecule has 110 valence electrons. The Labute approximate surface area is 120 Å². The van der Waals surface area contributed by atoms with Crippen molar-refractivity contribution in [2.75, 3.05) is 13.2 Å². The van der Waals surface area contributed by atoms with Crippen LogP contribution in [0.15, 0.2) is 18.2 Å². The summed E-state index contributed by atoms with van der Waals surface area (Å²) in [5.41, 5.74) is 4.23. The average Bonchev–Trinajstić information content (AvgIpc) is 2.74. The molecule has 1 atom stereocenters. The smallest absolute Gasteiger partial charge is 0.161 e. The molecule has 4 heteroatoms. The highest BCUT2D eigenvalue weighted by atomic mass is 16.5. The van der Waals surface area contributed by atoms with E-state index in [2.05, 4.69) is 17.6 Å². The third kappa shape index (κ3) is 2.91. The quantitative estimate of drug-likeness (QED) is 0.658. The maximum absolute atomic E-state index is 5.82. The van der Waals surface area contributed by atoms with E-state index in [1.807, 2.05) is 6.07 Å². The van der Waals surface area contributed by atoms with Crippen molar-refractivity contribution in [3.63, 3.8) is 0 Å². The number of nitrogens with one attached hydrogen (secondary N) is 1. The van der Waals surface area contributed by atoms with Gasteiger partial charge in [-0.3, -0.25) is 11.3 Å². The molecule has 1 fully saturated rings. The summed E-state index contributed by atoms with van der Waals surface area (Å²) in [6.07, 6.45) is 7.42. The average molecular weight is 276 g/mol. The second kappa shape index (κ2) is 6.46. The van der Waals surface area contributed by atoms with Gasteiger partial charge in [0.15, 0.2) is 11.5 Å². The summed E-state index contributed by atoms with van der Waals surface area (Å²) in [6.45, 7) is 1.45. The number of rotatable bonds is 3. The van der Waals surface area contributed by atoms with Crippen LogP contribution >= 0.6 is 0 Å². The molecule has 1 heterocycles. The number of fused-ring (bicyclic) bond motifs is 1. The second-order valence-corrected chi connectivity index (χ2v) is 5.80. The first kappa shape index (κ1) is 13.7. The van der Waals surface area contributed by atoms with E-state index in [9.17, 15) is 0 Å². The standard InChI is InChI=1S/C16H24N2O2/c17-18-16(12-5-2-1-3-6-12)13-7-8-14-15(11-13)20-10-4-9-19-14/h7-8,11-12,16,18H,1-6,9-10,17H2. The van der Waals surface area contributed by atoms with Crippen molar-refractivity contribution in [3.8, 4) is 11.5 Å². The van der Waals surface area contributed by atoms with Crippen LogP contribution in [0.25, 0.3) is 0 Å². The van der Waals surface area contributed by atoms with Crippen LogP contribution in [0.5, 0.6) is 11.5 Å². The summed E-state index contributed by atoms with van der Waals surface area (Å²) in [5, 5.41) is 0. The van der Waals surface area contributed by atoms with Gasteiger partial charge in [-0.1, -0.05) is 25.3 Å². The molecule has 1 unspecified atom stereocenters. The number of hydrogen-bond donors (Lipinski definition) is 2. The SMILES string of the molecule is NNC(c1ccc2c(c1)OCCCO2)C1CCCCC1. The summed E-state index contributed by atoms with van der Waals surface area (Å²) >= 11 is 0. The minimum Gasteiger partial charge on any atom is -0.490 e. The van der Waals surface area contributed by atoms with Gasteiger partial charge in [-0.25, -0.2) is 0 Å². The third-order valence-electron chi connectivity index (χ3n) is 4.43. The molecule has 0 bridgehead atoms. The van der Waals surface area contributed by atoms with E-state index in [1.165, 1.54) is 37.7 Å². The molecule has 3 N–H and O–H groups in total. The summed E-state index contributed by atoms with van der Waals surface area (Å²) in [7, 11) is 0. The van der Waals surface area contributed by atoms with Gasteiger partial charge in [-0.05, 0) is 36.5 Å². The molecule has 1 aliphatic heterocycles. The minimum absolute atomic E-state index is 0.215. The summed E-state index contributed by atoms with van der Waals surface area (Å²) < 4.78 is 11.5. The lowest BCUT2D eigenvalue weighted by molar-refractivity contribution is 0.272. The number of nitrogens with two attached hydrogens (primary N) is 1. The van der Waals surface area contributed by atoms with Crippen molar-refractivity contribution in [1.82, 2.24) is 5.43 Å². The maximum atomic E-state index is 5.82. The highest BCUT2D eigenvalue weighted by Crippen LogP contribution is 2.38. The lowest BCUT2D eigenvalue weighted by Gasteiger charge is -2.30. The van der Waals surface area contributed by atoms with E-state index in [0.717, 1.165) is 31.1 Å². The molecule has 0 radical (unpaired) electrons. The Hall–Kier alpha value is -1.26. The van der Waals surface area contributed by atoms with Gasteiger partial charge in [0.05, 0.1) is 13.2 Å². The Morgan fingerprint density at radius 2 is 1.75 bits per heavy atom. The van der Waals surface area contributed by atoms with E-state index in [1.54, 1.807) is 0 Å². The van der Waals surface area contributed by atoms with E-state index >= 15 is 0 Å². The van der Waals surface area contributed by atoms with E-state index in [-0.39, 0.29) is 6.04 Å². The molecule has 3 rings (SSSR count). The summed E-state index contributed by atoms with van der Waals surface area (Å²) in [4.78, 5) is 0. The number of hydrazine groups is 1. The lowest BCUT2D eigenvalue weighted by atomic mass is 9.81. The molecule has 1 aliphatic carbocycles. The van der Waals surface area contributed by atoms with Crippen molar-refractivity contribution < 1.29 is 9.47 Å². The molecule has 1 aromatic rings. The van der Waals surface area contributed by atoms with E-state index in [0.29, 0.717) is 5.92 Å². The molecule has 1 aromatic carbocycles. The summed E-state index contributed by atoms with van der Waals surface area (Å²) in [5.74, 6) is 8.15. The Bertz CT molecular complexity index is 444. The molecule has 20 heavy (non-hydrogen) atoms. The molecule has 0 saturated heterocycles. The summed E-state index contributed by atoms with van der Waals surface area (Å²) in [6, 6.07) is 6.45. The van der Waals surface area contributed by atoms with Crippen LogP contribution in [0.2, 0.25) is 0 Å². The molecular weight excluding hydrogens is 252 g/mol. The molecule has 0 spiro atoms. The minimum atomic E-state index is 0.215. The van der Waals surface area contributed by atoms with E-state index in [4.69, 9.17) is 15.3 Å². The second-order valence-electron chi connectivity index (χ2n) is 5.80. The third-order valence-corrected chi connectivity index (χ3v) is 4.43. The van der Waals surface area contributed by atoms with Crippen molar-refractivity contribution >= 4 is 0 Å².